The number of carbonyl (C=O) groups excluding carboxylic acids is 1. The zero-order valence-corrected chi connectivity index (χ0v) is 21.7. The molecule has 0 aromatic heterocycles. The number of ether oxygens (including phenoxy) is 2. The third-order valence-electron chi connectivity index (χ3n) is 5.70. The summed E-state index contributed by atoms with van der Waals surface area (Å²) in [4.78, 5) is 17.8. The number of rotatable bonds is 9. The van der Waals surface area contributed by atoms with Gasteiger partial charge in [0.1, 0.15) is 5.75 Å². The number of primary amides is 1. The third-order valence-corrected chi connectivity index (χ3v) is 6.79. The molecule has 1 aliphatic rings. The van der Waals surface area contributed by atoms with E-state index in [1.807, 2.05) is 24.3 Å². The predicted molar refractivity (Wildman–Crippen MR) is 140 cm³/mol. The SMILES string of the molecule is NC(=O)[C@]1(Cc2ccc(Br)cc2)N=C(c2ccc(OCCCO)cc2)O[C@@H]1c1ccc(Cl)cc1Cl. The molecule has 182 valence electrons. The topological polar surface area (TPSA) is 94.1 Å². The van der Waals surface area contributed by atoms with E-state index < -0.39 is 17.6 Å². The molecule has 0 radical (unpaired) electrons. The van der Waals surface area contributed by atoms with Gasteiger partial charge in [0.25, 0.3) is 0 Å². The Morgan fingerprint density at radius 3 is 2.46 bits per heavy atom. The van der Waals surface area contributed by atoms with E-state index in [0.29, 0.717) is 39.9 Å². The molecule has 0 unspecified atom stereocenters. The van der Waals surface area contributed by atoms with Crippen LogP contribution < -0.4 is 10.5 Å². The molecule has 1 heterocycles. The van der Waals surface area contributed by atoms with Crippen molar-refractivity contribution in [2.24, 2.45) is 10.7 Å². The van der Waals surface area contributed by atoms with Gasteiger partial charge in [-0.1, -0.05) is 57.3 Å². The van der Waals surface area contributed by atoms with Crippen LogP contribution in [0.1, 0.15) is 29.2 Å². The normalized spacial score (nSPS) is 19.2. The van der Waals surface area contributed by atoms with Crippen molar-refractivity contribution in [2.45, 2.75) is 24.5 Å². The molecule has 3 aromatic carbocycles. The standard InChI is InChI=1S/C26H23BrCl2N2O4/c27-18-6-2-16(3-7-18)15-26(25(30)33)23(21-11-8-19(28)14-22(21)29)35-24(31-26)17-4-9-20(10-5-17)34-13-1-12-32/h2-11,14,23,32H,1,12-13,15H2,(H2,30,33)/t23-,26-/m1/s1. The summed E-state index contributed by atoms with van der Waals surface area (Å²) < 4.78 is 12.8. The van der Waals surface area contributed by atoms with Crippen molar-refractivity contribution in [1.29, 1.82) is 0 Å². The number of aliphatic imine (C=N–C) groups is 1. The van der Waals surface area contributed by atoms with Crippen LogP contribution in [0.25, 0.3) is 0 Å². The van der Waals surface area contributed by atoms with E-state index in [2.05, 4.69) is 15.9 Å². The van der Waals surface area contributed by atoms with Crippen LogP contribution in [0, 0.1) is 0 Å². The maximum Gasteiger partial charge on any atom is 0.250 e. The lowest BCUT2D eigenvalue weighted by Gasteiger charge is -2.29. The van der Waals surface area contributed by atoms with Crippen LogP contribution >= 0.6 is 39.1 Å². The highest BCUT2D eigenvalue weighted by Crippen LogP contribution is 2.44. The van der Waals surface area contributed by atoms with Crippen molar-refractivity contribution in [2.75, 3.05) is 13.2 Å². The summed E-state index contributed by atoms with van der Waals surface area (Å²) in [6.07, 6.45) is -0.104. The Bertz CT molecular complexity index is 1240. The molecular formula is C26H23BrCl2N2O4. The van der Waals surface area contributed by atoms with E-state index in [1.165, 1.54) is 0 Å². The second-order valence-electron chi connectivity index (χ2n) is 8.12. The van der Waals surface area contributed by atoms with E-state index in [0.717, 1.165) is 10.0 Å². The van der Waals surface area contributed by atoms with Crippen molar-refractivity contribution >= 4 is 50.9 Å². The summed E-state index contributed by atoms with van der Waals surface area (Å²) >= 11 is 16.1. The Morgan fingerprint density at radius 1 is 1.11 bits per heavy atom. The largest absolute Gasteiger partial charge is 0.494 e. The zero-order valence-electron chi connectivity index (χ0n) is 18.6. The highest BCUT2D eigenvalue weighted by Gasteiger charge is 2.52. The van der Waals surface area contributed by atoms with Crippen molar-refractivity contribution in [3.05, 3.63) is 97.9 Å². The minimum absolute atomic E-state index is 0.0605. The number of aliphatic hydroxyl groups is 1. The Kier molecular flexibility index (Phi) is 8.02. The molecule has 3 N–H and O–H groups in total. The number of aliphatic hydroxyl groups excluding tert-OH is 1. The zero-order chi connectivity index (χ0) is 25.0. The molecule has 0 aliphatic carbocycles. The first-order chi connectivity index (χ1) is 16.8. The van der Waals surface area contributed by atoms with Gasteiger partial charge >= 0.3 is 0 Å². The first kappa shape index (κ1) is 25.5. The second-order valence-corrected chi connectivity index (χ2v) is 9.88. The Morgan fingerprint density at radius 2 is 1.83 bits per heavy atom. The molecule has 6 nitrogen and oxygen atoms in total. The number of hydrogen-bond donors (Lipinski definition) is 2. The Labute approximate surface area is 221 Å². The van der Waals surface area contributed by atoms with Crippen LogP contribution in [-0.2, 0) is 16.0 Å². The van der Waals surface area contributed by atoms with Gasteiger partial charge in [0.05, 0.1) is 6.61 Å². The maximum atomic E-state index is 13.1. The van der Waals surface area contributed by atoms with Crippen molar-refractivity contribution in [3.63, 3.8) is 0 Å². The molecule has 0 fully saturated rings. The molecule has 0 spiro atoms. The molecule has 1 aliphatic heterocycles. The molecule has 4 rings (SSSR count). The average molecular weight is 578 g/mol. The van der Waals surface area contributed by atoms with E-state index in [9.17, 15) is 4.79 Å². The van der Waals surface area contributed by atoms with Gasteiger partial charge in [-0.25, -0.2) is 4.99 Å². The van der Waals surface area contributed by atoms with Gasteiger partial charge in [0.15, 0.2) is 11.6 Å². The number of halogens is 3. The number of nitrogens with two attached hydrogens (primary N) is 1. The molecule has 0 saturated carbocycles. The molecule has 9 heteroatoms. The molecule has 2 atom stereocenters. The van der Waals surface area contributed by atoms with Gasteiger partial charge in [-0.05, 0) is 54.1 Å². The molecule has 0 saturated heterocycles. The summed E-state index contributed by atoms with van der Waals surface area (Å²) in [7, 11) is 0. The van der Waals surface area contributed by atoms with Crippen LogP contribution in [0.5, 0.6) is 5.75 Å². The summed E-state index contributed by atoms with van der Waals surface area (Å²) in [6, 6.07) is 19.8. The van der Waals surface area contributed by atoms with Gasteiger partial charge in [-0.15, -0.1) is 0 Å². The fourth-order valence-electron chi connectivity index (χ4n) is 3.91. The van der Waals surface area contributed by atoms with Crippen LogP contribution in [-0.4, -0.2) is 35.7 Å². The van der Waals surface area contributed by atoms with Crippen molar-refractivity contribution in [3.8, 4) is 5.75 Å². The first-order valence-electron chi connectivity index (χ1n) is 10.9. The van der Waals surface area contributed by atoms with Crippen LogP contribution in [0.4, 0.5) is 0 Å². The number of carbonyl (C=O) groups is 1. The van der Waals surface area contributed by atoms with E-state index in [1.54, 1.807) is 42.5 Å². The maximum absolute atomic E-state index is 13.1. The summed E-state index contributed by atoms with van der Waals surface area (Å²) in [5.41, 5.74) is 6.66. The van der Waals surface area contributed by atoms with Crippen LogP contribution in [0.3, 0.4) is 0 Å². The minimum atomic E-state index is -1.43. The van der Waals surface area contributed by atoms with E-state index in [-0.39, 0.29) is 18.9 Å². The second kappa shape index (κ2) is 11.0. The van der Waals surface area contributed by atoms with Gasteiger partial charge in [0.2, 0.25) is 11.8 Å². The lowest BCUT2D eigenvalue weighted by molar-refractivity contribution is -0.125. The molecule has 1 amide bonds. The smallest absolute Gasteiger partial charge is 0.250 e. The van der Waals surface area contributed by atoms with Crippen LogP contribution in [0.2, 0.25) is 10.0 Å². The Balaban J connectivity index is 1.74. The van der Waals surface area contributed by atoms with Crippen molar-refractivity contribution in [1.82, 2.24) is 0 Å². The van der Waals surface area contributed by atoms with E-state index >= 15 is 0 Å². The number of hydrogen-bond acceptors (Lipinski definition) is 5. The molecule has 35 heavy (non-hydrogen) atoms. The third kappa shape index (κ3) is 5.64. The average Bonchev–Trinajstić information content (AvgIpc) is 3.21. The number of benzene rings is 3. The summed E-state index contributed by atoms with van der Waals surface area (Å²) in [6.45, 7) is 0.466. The van der Waals surface area contributed by atoms with Gasteiger partial charge in [-0.3, -0.25) is 4.79 Å². The first-order valence-corrected chi connectivity index (χ1v) is 12.5. The highest BCUT2D eigenvalue weighted by atomic mass is 79.9. The van der Waals surface area contributed by atoms with Gasteiger partial charge in [0, 0.05) is 45.1 Å². The predicted octanol–water partition coefficient (Wildman–Crippen LogP) is 5.50. The fourth-order valence-corrected chi connectivity index (χ4v) is 4.68. The Hall–Kier alpha value is -2.58. The van der Waals surface area contributed by atoms with E-state index in [4.69, 9.17) is 48.5 Å². The van der Waals surface area contributed by atoms with Crippen molar-refractivity contribution < 1.29 is 19.4 Å². The molecule has 3 aromatic rings. The quantitative estimate of drug-likeness (QED) is 0.328. The monoisotopic (exact) mass is 576 g/mol. The summed E-state index contributed by atoms with van der Waals surface area (Å²) in [5.74, 6) is 0.295. The molecule has 0 bridgehead atoms. The lowest BCUT2D eigenvalue weighted by atomic mass is 9.82. The number of amides is 1. The van der Waals surface area contributed by atoms with Gasteiger partial charge in [-0.2, -0.15) is 0 Å². The lowest BCUT2D eigenvalue weighted by Crippen LogP contribution is -2.47. The fraction of sp³-hybridized carbons (Fsp3) is 0.231. The molecular weight excluding hydrogens is 555 g/mol. The van der Waals surface area contributed by atoms with Crippen LogP contribution in [0.15, 0.2) is 76.2 Å². The minimum Gasteiger partial charge on any atom is -0.494 e. The number of nitrogens with zero attached hydrogens (tertiary/aromatic N) is 1. The van der Waals surface area contributed by atoms with Gasteiger partial charge < -0.3 is 20.3 Å². The highest BCUT2D eigenvalue weighted by molar-refractivity contribution is 9.10. The summed E-state index contributed by atoms with van der Waals surface area (Å²) in [5, 5.41) is 9.75.